The summed E-state index contributed by atoms with van der Waals surface area (Å²) in [7, 11) is 0. The summed E-state index contributed by atoms with van der Waals surface area (Å²) in [5.74, 6) is -5.12. The third-order valence-corrected chi connectivity index (χ3v) is 5.72. The van der Waals surface area contributed by atoms with E-state index in [2.05, 4.69) is 0 Å². The van der Waals surface area contributed by atoms with E-state index in [9.17, 15) is 55.5 Å². The number of aliphatic carboxylic acids is 1. The molecule has 36 heavy (non-hydrogen) atoms. The van der Waals surface area contributed by atoms with E-state index in [0.29, 0.717) is 5.56 Å². The lowest BCUT2D eigenvalue weighted by Gasteiger charge is -2.39. The zero-order valence-corrected chi connectivity index (χ0v) is 18.7. The Bertz CT molecular complexity index is 1130. The fourth-order valence-corrected chi connectivity index (χ4v) is 3.77. The van der Waals surface area contributed by atoms with E-state index >= 15 is 0 Å². The summed E-state index contributed by atoms with van der Waals surface area (Å²) >= 11 is 0. The van der Waals surface area contributed by atoms with Crippen molar-refractivity contribution in [3.8, 4) is 28.7 Å². The van der Waals surface area contributed by atoms with Gasteiger partial charge in [0, 0.05) is 18.1 Å². The molecule has 0 aliphatic carbocycles. The average Bonchev–Trinajstić information content (AvgIpc) is 2.82. The molecule has 1 aliphatic heterocycles. The molecule has 196 valence electrons. The molecule has 1 saturated heterocycles. The molecule has 0 aromatic heterocycles. The van der Waals surface area contributed by atoms with Crippen molar-refractivity contribution < 1.29 is 65.0 Å². The summed E-state index contributed by atoms with van der Waals surface area (Å²) < 4.78 is 10.6. The second-order valence-electron chi connectivity index (χ2n) is 8.23. The van der Waals surface area contributed by atoms with Gasteiger partial charge in [0.2, 0.25) is 6.29 Å². The molecular weight excluding hydrogens is 484 g/mol. The van der Waals surface area contributed by atoms with Crippen molar-refractivity contribution in [3.63, 3.8) is 0 Å². The van der Waals surface area contributed by atoms with Crippen molar-refractivity contribution in [2.24, 2.45) is 0 Å². The van der Waals surface area contributed by atoms with Crippen LogP contribution in [-0.4, -0.2) is 95.0 Å². The Labute approximate surface area is 203 Å². The number of benzene rings is 2. The normalized spacial score (nSPS) is 23.8. The molecule has 2 aromatic rings. The quantitative estimate of drug-likeness (QED) is 0.148. The van der Waals surface area contributed by atoms with Gasteiger partial charge in [0.25, 0.3) is 0 Å². The van der Waals surface area contributed by atoms with Gasteiger partial charge in [-0.15, -0.1) is 0 Å². The highest BCUT2D eigenvalue weighted by Crippen LogP contribution is 2.40. The summed E-state index contributed by atoms with van der Waals surface area (Å²) in [4.78, 5) is 24.2. The summed E-state index contributed by atoms with van der Waals surface area (Å²) in [6, 6.07) is 4.74. The molecule has 13 heteroatoms. The maximum Gasteiger partial charge on any atom is 0.308 e. The number of carbonyl (C=O) groups is 2. The Morgan fingerprint density at radius 2 is 1.61 bits per heavy atom. The van der Waals surface area contributed by atoms with Gasteiger partial charge in [0.1, 0.15) is 47.2 Å². The number of aryl methyl sites for hydroxylation is 1. The number of aliphatic hydroxyl groups excluding tert-OH is 4. The molecule has 5 atom stereocenters. The molecule has 0 radical (unpaired) electrons. The van der Waals surface area contributed by atoms with E-state index in [1.54, 1.807) is 0 Å². The van der Waals surface area contributed by atoms with E-state index < -0.39 is 89.6 Å². The lowest BCUT2D eigenvalue weighted by atomic mass is 9.96. The van der Waals surface area contributed by atoms with Gasteiger partial charge < -0.3 is 55.4 Å². The largest absolute Gasteiger partial charge is 0.507 e. The Hall–Kier alpha value is -3.62. The minimum atomic E-state index is -1.85. The number of aromatic hydroxyl groups is 4. The van der Waals surface area contributed by atoms with Crippen LogP contribution in [0.2, 0.25) is 0 Å². The topological polar surface area (TPSA) is 235 Å². The number of carbonyl (C=O) groups excluding carboxylic acids is 1. The third-order valence-electron chi connectivity index (χ3n) is 5.72. The molecule has 0 unspecified atom stereocenters. The molecule has 0 spiro atoms. The zero-order valence-electron chi connectivity index (χ0n) is 18.7. The van der Waals surface area contributed by atoms with Gasteiger partial charge in [-0.3, -0.25) is 9.59 Å². The van der Waals surface area contributed by atoms with Gasteiger partial charge >= 0.3 is 5.97 Å². The summed E-state index contributed by atoms with van der Waals surface area (Å²) in [5, 5.41) is 88.7. The first-order valence-electron chi connectivity index (χ1n) is 10.7. The smallest absolute Gasteiger partial charge is 0.308 e. The zero-order chi connectivity index (χ0) is 26.7. The van der Waals surface area contributed by atoms with Crippen LogP contribution >= 0.6 is 0 Å². The molecular formula is C23H26O13. The highest BCUT2D eigenvalue weighted by atomic mass is 16.7. The maximum absolute atomic E-state index is 12.8. The third kappa shape index (κ3) is 5.61. The fraction of sp³-hybridized carbons (Fsp3) is 0.391. The van der Waals surface area contributed by atoms with Crippen LogP contribution in [0.25, 0.3) is 0 Å². The number of carboxylic acid groups (broad SMARTS) is 1. The minimum absolute atomic E-state index is 0.0446. The molecule has 9 N–H and O–H groups in total. The first-order chi connectivity index (χ1) is 16.9. The highest BCUT2D eigenvalue weighted by molar-refractivity contribution is 6.02. The number of ether oxygens (including phenoxy) is 2. The van der Waals surface area contributed by atoms with Crippen LogP contribution < -0.4 is 4.74 Å². The Kier molecular flexibility index (Phi) is 8.22. The van der Waals surface area contributed by atoms with Gasteiger partial charge in [0.05, 0.1) is 13.0 Å². The van der Waals surface area contributed by atoms with Gasteiger partial charge in [0.15, 0.2) is 17.3 Å². The van der Waals surface area contributed by atoms with Crippen LogP contribution in [0.15, 0.2) is 24.3 Å². The SMILES string of the molecule is O=C(O)Cc1c(O[C@@H]2O[C@H](CO)[C@@H](O)[C@H](O)[C@H]2O)cc(O)c(C(=O)CCc2ccc(O)c(O)c2)c1O. The summed E-state index contributed by atoms with van der Waals surface area (Å²) in [5.41, 5.74) is -0.566. The molecule has 2 aromatic carbocycles. The van der Waals surface area contributed by atoms with Crippen LogP contribution in [0.4, 0.5) is 0 Å². The number of phenolic OH excluding ortho intramolecular Hbond substituents is 4. The van der Waals surface area contributed by atoms with Crippen LogP contribution in [-0.2, 0) is 22.4 Å². The van der Waals surface area contributed by atoms with Crippen molar-refractivity contribution in [2.75, 3.05) is 6.61 Å². The number of hydrogen-bond acceptors (Lipinski definition) is 12. The Balaban J connectivity index is 1.90. The lowest BCUT2D eigenvalue weighted by Crippen LogP contribution is -2.60. The van der Waals surface area contributed by atoms with E-state index in [1.807, 2.05) is 0 Å². The molecule has 13 nitrogen and oxygen atoms in total. The average molecular weight is 510 g/mol. The number of carboxylic acids is 1. The van der Waals surface area contributed by atoms with E-state index in [4.69, 9.17) is 9.47 Å². The van der Waals surface area contributed by atoms with Gasteiger partial charge in [-0.25, -0.2) is 0 Å². The second kappa shape index (κ2) is 11.0. The fourth-order valence-electron chi connectivity index (χ4n) is 3.77. The minimum Gasteiger partial charge on any atom is -0.507 e. The molecule has 0 bridgehead atoms. The Morgan fingerprint density at radius 3 is 2.22 bits per heavy atom. The molecule has 3 rings (SSSR count). The van der Waals surface area contributed by atoms with E-state index in [0.717, 1.165) is 6.07 Å². The van der Waals surface area contributed by atoms with E-state index in [1.165, 1.54) is 18.2 Å². The van der Waals surface area contributed by atoms with Crippen molar-refractivity contribution in [1.82, 2.24) is 0 Å². The molecule has 1 fully saturated rings. The maximum atomic E-state index is 12.8. The van der Waals surface area contributed by atoms with Gasteiger partial charge in [-0.1, -0.05) is 6.07 Å². The van der Waals surface area contributed by atoms with Gasteiger partial charge in [-0.2, -0.15) is 0 Å². The Morgan fingerprint density at radius 1 is 0.917 bits per heavy atom. The van der Waals surface area contributed by atoms with Crippen molar-refractivity contribution in [1.29, 1.82) is 0 Å². The van der Waals surface area contributed by atoms with Crippen LogP contribution in [0.1, 0.15) is 27.9 Å². The van der Waals surface area contributed by atoms with Gasteiger partial charge in [-0.05, 0) is 24.1 Å². The van der Waals surface area contributed by atoms with Crippen LogP contribution in [0.3, 0.4) is 0 Å². The van der Waals surface area contributed by atoms with E-state index in [-0.39, 0.29) is 18.6 Å². The number of hydrogen-bond donors (Lipinski definition) is 9. The van der Waals surface area contributed by atoms with Crippen molar-refractivity contribution >= 4 is 11.8 Å². The molecule has 0 saturated carbocycles. The van der Waals surface area contributed by atoms with Crippen LogP contribution in [0.5, 0.6) is 28.7 Å². The number of rotatable bonds is 9. The van der Waals surface area contributed by atoms with Crippen molar-refractivity contribution in [2.45, 2.75) is 50.0 Å². The van der Waals surface area contributed by atoms with Crippen LogP contribution in [0, 0.1) is 0 Å². The first-order valence-corrected chi connectivity index (χ1v) is 10.7. The first kappa shape index (κ1) is 27.0. The standard InChI is InChI=1S/C23H26O13/c24-8-16-20(32)21(33)22(34)23(36-16)35-15-7-14(28)18(19(31)10(15)6-17(29)30)12(26)4-2-9-1-3-11(25)13(27)5-9/h1,3,5,7,16,20-25,27-28,31-34H,2,4,6,8H2,(H,29,30)/t16-,20-,21+,22-,23-/m1/s1. The van der Waals surface area contributed by atoms with Crippen molar-refractivity contribution in [3.05, 3.63) is 41.0 Å². The molecule has 1 aliphatic rings. The highest BCUT2D eigenvalue weighted by Gasteiger charge is 2.45. The predicted octanol–water partition coefficient (Wildman–Crippen LogP) is -0.870. The predicted molar refractivity (Wildman–Crippen MR) is 118 cm³/mol. The lowest BCUT2D eigenvalue weighted by molar-refractivity contribution is -0.277. The molecule has 0 amide bonds. The monoisotopic (exact) mass is 510 g/mol. The second-order valence-corrected chi connectivity index (χ2v) is 8.23. The summed E-state index contributed by atoms with van der Waals surface area (Å²) in [6.45, 7) is -0.754. The summed E-state index contributed by atoms with van der Waals surface area (Å²) in [6.07, 6.45) is -9.51. The number of ketones is 1. The number of phenols is 4. The number of aliphatic hydroxyl groups is 4. The molecule has 1 heterocycles. The number of Topliss-reactive ketones (excluding diaryl/α,β-unsaturated/α-hetero) is 1.